The van der Waals surface area contributed by atoms with Crippen LogP contribution < -0.4 is 19.5 Å². The number of nitrogens with one attached hydrogen (secondary N) is 2. The van der Waals surface area contributed by atoms with E-state index in [1.165, 1.54) is 0 Å². The molecule has 0 spiro atoms. The van der Waals surface area contributed by atoms with Gasteiger partial charge in [-0.1, -0.05) is 11.6 Å². The van der Waals surface area contributed by atoms with Gasteiger partial charge < -0.3 is 24.5 Å². The Morgan fingerprint density at radius 2 is 2.03 bits per heavy atom. The molecule has 0 aliphatic carbocycles. The molecule has 32 heavy (non-hydrogen) atoms. The molecule has 1 amide bonds. The number of rotatable bonds is 4. The SMILES string of the molecule is COc1ccc2nc([C@H]3C[C@H](NC(=O)c4cc5c(cc4Cl)OCCO5)CCN3C)[nH]c2c1. The summed E-state index contributed by atoms with van der Waals surface area (Å²) < 4.78 is 16.5. The third kappa shape index (κ3) is 3.96. The van der Waals surface area contributed by atoms with Crippen molar-refractivity contribution in [2.45, 2.75) is 24.9 Å². The van der Waals surface area contributed by atoms with Crippen LogP contribution in [-0.2, 0) is 0 Å². The van der Waals surface area contributed by atoms with E-state index in [0.717, 1.165) is 42.0 Å². The molecule has 8 nitrogen and oxygen atoms in total. The van der Waals surface area contributed by atoms with Crippen molar-refractivity contribution in [3.8, 4) is 17.2 Å². The van der Waals surface area contributed by atoms with Gasteiger partial charge in [-0.2, -0.15) is 0 Å². The number of nitrogens with zero attached hydrogens (tertiary/aromatic N) is 2. The molecule has 3 heterocycles. The van der Waals surface area contributed by atoms with Gasteiger partial charge in [0.2, 0.25) is 0 Å². The Bertz CT molecular complexity index is 1160. The molecular formula is C23H25ClN4O4. The van der Waals surface area contributed by atoms with Crippen LogP contribution in [0.1, 0.15) is 35.1 Å². The van der Waals surface area contributed by atoms with Crippen molar-refractivity contribution in [2.75, 3.05) is 33.9 Å². The number of H-pyrrole nitrogens is 1. The van der Waals surface area contributed by atoms with Crippen molar-refractivity contribution >= 4 is 28.5 Å². The van der Waals surface area contributed by atoms with Crippen LogP contribution in [0.15, 0.2) is 30.3 Å². The number of carbonyl (C=O) groups excluding carboxylic acids is 1. The Morgan fingerprint density at radius 1 is 1.25 bits per heavy atom. The summed E-state index contributed by atoms with van der Waals surface area (Å²) >= 11 is 6.36. The highest BCUT2D eigenvalue weighted by Crippen LogP contribution is 2.36. The lowest BCUT2D eigenvalue weighted by atomic mass is 9.96. The summed E-state index contributed by atoms with van der Waals surface area (Å²) in [5.41, 5.74) is 2.22. The van der Waals surface area contributed by atoms with Crippen LogP contribution in [0.2, 0.25) is 5.02 Å². The van der Waals surface area contributed by atoms with E-state index in [2.05, 4.69) is 22.2 Å². The number of piperidine rings is 1. The van der Waals surface area contributed by atoms with Crippen molar-refractivity contribution < 1.29 is 19.0 Å². The number of aromatic nitrogens is 2. The van der Waals surface area contributed by atoms with Gasteiger partial charge in [-0.3, -0.25) is 9.69 Å². The average Bonchev–Trinajstić information content (AvgIpc) is 3.22. The third-order valence-corrected chi connectivity index (χ3v) is 6.42. The zero-order valence-electron chi connectivity index (χ0n) is 18.0. The molecule has 0 radical (unpaired) electrons. The lowest BCUT2D eigenvalue weighted by Crippen LogP contribution is -2.45. The average molecular weight is 457 g/mol. The zero-order chi connectivity index (χ0) is 22.2. The van der Waals surface area contributed by atoms with Gasteiger partial charge in [-0.25, -0.2) is 4.98 Å². The number of hydrogen-bond acceptors (Lipinski definition) is 6. The van der Waals surface area contributed by atoms with Gasteiger partial charge in [0.1, 0.15) is 24.8 Å². The Kier molecular flexibility index (Phi) is 5.57. The standard InChI is InChI=1S/C23H25ClN4O4/c1-28-6-5-13(9-19(28)22-26-17-4-3-14(30-2)10-18(17)27-22)25-23(29)15-11-20-21(12-16(15)24)32-8-7-31-20/h3-4,10-13,19H,5-9H2,1-2H3,(H,25,29)(H,26,27)/t13-,19-/m1/s1. The fraction of sp³-hybridized carbons (Fsp3) is 0.391. The third-order valence-electron chi connectivity index (χ3n) is 6.10. The first-order valence-electron chi connectivity index (χ1n) is 10.7. The van der Waals surface area contributed by atoms with Crippen LogP contribution in [0, 0.1) is 0 Å². The second-order valence-electron chi connectivity index (χ2n) is 8.17. The highest BCUT2D eigenvalue weighted by atomic mass is 35.5. The molecule has 168 valence electrons. The van der Waals surface area contributed by atoms with Gasteiger partial charge in [0.15, 0.2) is 11.5 Å². The van der Waals surface area contributed by atoms with Crippen molar-refractivity contribution in [1.29, 1.82) is 0 Å². The monoisotopic (exact) mass is 456 g/mol. The summed E-state index contributed by atoms with van der Waals surface area (Å²) in [7, 11) is 3.72. The normalized spacial score (nSPS) is 20.8. The minimum Gasteiger partial charge on any atom is -0.497 e. The van der Waals surface area contributed by atoms with Crippen LogP contribution in [-0.4, -0.2) is 60.7 Å². The molecular weight excluding hydrogens is 432 g/mol. The molecule has 2 N–H and O–H groups in total. The van der Waals surface area contributed by atoms with Crippen LogP contribution in [0.3, 0.4) is 0 Å². The fourth-order valence-corrected chi connectivity index (χ4v) is 4.57. The summed E-state index contributed by atoms with van der Waals surface area (Å²) in [6, 6.07) is 9.14. The first kappa shape index (κ1) is 20.9. The number of amides is 1. The first-order valence-corrected chi connectivity index (χ1v) is 11.0. The maximum Gasteiger partial charge on any atom is 0.253 e. The zero-order valence-corrected chi connectivity index (χ0v) is 18.7. The maximum absolute atomic E-state index is 13.0. The second-order valence-corrected chi connectivity index (χ2v) is 8.58. The summed E-state index contributed by atoms with van der Waals surface area (Å²) in [5.74, 6) is 2.57. The Morgan fingerprint density at radius 3 is 2.81 bits per heavy atom. The Labute approximate surface area is 190 Å². The molecule has 5 rings (SSSR count). The number of methoxy groups -OCH3 is 1. The number of likely N-dealkylation sites (tertiary alicyclic amines) is 1. The predicted molar refractivity (Wildman–Crippen MR) is 121 cm³/mol. The van der Waals surface area contributed by atoms with Gasteiger partial charge in [-0.05, 0) is 38.1 Å². The molecule has 1 fully saturated rings. The van der Waals surface area contributed by atoms with Gasteiger partial charge in [0.25, 0.3) is 5.91 Å². The summed E-state index contributed by atoms with van der Waals surface area (Å²) in [6.07, 6.45) is 1.58. The number of hydrogen-bond donors (Lipinski definition) is 2. The summed E-state index contributed by atoms with van der Waals surface area (Å²) in [4.78, 5) is 23.5. The molecule has 0 saturated carbocycles. The van der Waals surface area contributed by atoms with Crippen LogP contribution in [0.4, 0.5) is 0 Å². The van der Waals surface area contributed by atoms with E-state index in [0.29, 0.717) is 35.3 Å². The number of aromatic amines is 1. The van der Waals surface area contributed by atoms with Crippen molar-refractivity contribution in [2.24, 2.45) is 0 Å². The quantitative estimate of drug-likeness (QED) is 0.624. The van der Waals surface area contributed by atoms with Crippen LogP contribution in [0.25, 0.3) is 11.0 Å². The first-order chi connectivity index (χ1) is 15.5. The maximum atomic E-state index is 13.0. The topological polar surface area (TPSA) is 88.7 Å². The molecule has 2 aliphatic rings. The van der Waals surface area contributed by atoms with E-state index < -0.39 is 0 Å². The summed E-state index contributed by atoms with van der Waals surface area (Å²) in [6.45, 7) is 1.76. The lowest BCUT2D eigenvalue weighted by Gasteiger charge is -2.36. The number of benzene rings is 2. The van der Waals surface area contributed by atoms with Gasteiger partial charge in [0, 0.05) is 24.7 Å². The molecule has 0 bridgehead atoms. The molecule has 1 aromatic heterocycles. The molecule has 2 aliphatic heterocycles. The van der Waals surface area contributed by atoms with Crippen LogP contribution >= 0.6 is 11.6 Å². The van der Waals surface area contributed by atoms with Crippen molar-refractivity contribution in [3.05, 3.63) is 46.7 Å². The second kappa shape index (κ2) is 8.52. The number of ether oxygens (including phenoxy) is 3. The fourth-order valence-electron chi connectivity index (χ4n) is 4.33. The molecule has 1 saturated heterocycles. The largest absolute Gasteiger partial charge is 0.497 e. The minimum atomic E-state index is -0.213. The summed E-state index contributed by atoms with van der Waals surface area (Å²) in [5, 5.41) is 3.50. The highest BCUT2D eigenvalue weighted by Gasteiger charge is 2.31. The predicted octanol–water partition coefficient (Wildman–Crippen LogP) is 3.56. The van der Waals surface area contributed by atoms with Gasteiger partial charge in [0.05, 0.1) is 34.8 Å². The van der Waals surface area contributed by atoms with Gasteiger partial charge in [-0.15, -0.1) is 0 Å². The van der Waals surface area contributed by atoms with E-state index in [-0.39, 0.29) is 18.0 Å². The number of carbonyl (C=O) groups is 1. The number of imidazole rings is 1. The van der Waals surface area contributed by atoms with Crippen molar-refractivity contribution in [3.63, 3.8) is 0 Å². The molecule has 0 unspecified atom stereocenters. The lowest BCUT2D eigenvalue weighted by molar-refractivity contribution is 0.0883. The molecule has 2 aromatic carbocycles. The number of halogens is 1. The Hall–Kier alpha value is -2.97. The molecule has 9 heteroatoms. The van der Waals surface area contributed by atoms with E-state index in [1.807, 2.05) is 18.2 Å². The molecule has 2 atom stereocenters. The smallest absolute Gasteiger partial charge is 0.253 e. The van der Waals surface area contributed by atoms with E-state index in [1.54, 1.807) is 19.2 Å². The Balaban J connectivity index is 1.33. The van der Waals surface area contributed by atoms with E-state index >= 15 is 0 Å². The van der Waals surface area contributed by atoms with Gasteiger partial charge >= 0.3 is 0 Å². The molecule has 3 aromatic rings. The van der Waals surface area contributed by atoms with Crippen LogP contribution in [0.5, 0.6) is 17.2 Å². The number of fused-ring (bicyclic) bond motifs is 2. The highest BCUT2D eigenvalue weighted by molar-refractivity contribution is 6.34. The minimum absolute atomic E-state index is 0.00397. The van der Waals surface area contributed by atoms with Crippen molar-refractivity contribution in [1.82, 2.24) is 20.2 Å². The van der Waals surface area contributed by atoms with E-state index in [4.69, 9.17) is 30.8 Å². The van der Waals surface area contributed by atoms with E-state index in [9.17, 15) is 4.79 Å².